The number of fused-ring (bicyclic) bond motifs is 1. The molecule has 0 bridgehead atoms. The van der Waals surface area contributed by atoms with E-state index in [2.05, 4.69) is 15.3 Å². The Morgan fingerprint density at radius 1 is 1.04 bits per heavy atom. The molecule has 0 spiro atoms. The topological polar surface area (TPSA) is 83.4 Å². The SMILES string of the molecule is COc1ccccc1-c1noc2nc(OCc3cc(C)on3)ccc12. The number of aromatic nitrogens is 3. The lowest BCUT2D eigenvalue weighted by molar-refractivity contribution is 0.277. The Bertz CT molecular complexity index is 1020. The molecule has 0 aliphatic rings. The van der Waals surface area contributed by atoms with Gasteiger partial charge in [-0.2, -0.15) is 4.98 Å². The molecular weight excluding hydrogens is 322 g/mol. The minimum Gasteiger partial charge on any atom is -0.496 e. The zero-order chi connectivity index (χ0) is 17.2. The molecule has 4 rings (SSSR count). The fraction of sp³-hybridized carbons (Fsp3) is 0.167. The first-order chi connectivity index (χ1) is 12.2. The van der Waals surface area contributed by atoms with Gasteiger partial charge in [0.1, 0.15) is 29.5 Å². The highest BCUT2D eigenvalue weighted by molar-refractivity contribution is 5.91. The molecule has 0 radical (unpaired) electrons. The van der Waals surface area contributed by atoms with E-state index in [0.29, 0.717) is 23.0 Å². The molecule has 0 amide bonds. The summed E-state index contributed by atoms with van der Waals surface area (Å²) in [6, 6.07) is 13.1. The molecule has 0 unspecified atom stereocenters. The molecule has 7 heteroatoms. The maximum absolute atomic E-state index is 5.63. The van der Waals surface area contributed by atoms with Gasteiger partial charge >= 0.3 is 0 Å². The van der Waals surface area contributed by atoms with Crippen LogP contribution in [0.5, 0.6) is 11.6 Å². The van der Waals surface area contributed by atoms with Crippen LogP contribution < -0.4 is 9.47 Å². The summed E-state index contributed by atoms with van der Waals surface area (Å²) in [5.41, 5.74) is 2.62. The van der Waals surface area contributed by atoms with E-state index in [4.69, 9.17) is 18.5 Å². The molecule has 25 heavy (non-hydrogen) atoms. The smallest absolute Gasteiger partial charge is 0.261 e. The molecule has 0 fully saturated rings. The number of hydrogen-bond acceptors (Lipinski definition) is 7. The van der Waals surface area contributed by atoms with Crippen LogP contribution in [0.1, 0.15) is 11.5 Å². The van der Waals surface area contributed by atoms with Crippen molar-refractivity contribution in [1.29, 1.82) is 0 Å². The predicted molar refractivity (Wildman–Crippen MR) is 89.4 cm³/mol. The Balaban J connectivity index is 1.62. The minimum absolute atomic E-state index is 0.267. The van der Waals surface area contributed by atoms with Crippen LogP contribution in [-0.4, -0.2) is 22.4 Å². The molecular formula is C18H15N3O4. The standard InChI is InChI=1S/C18H15N3O4/c1-11-9-12(20-24-11)10-23-16-8-7-14-17(21-25-18(14)19-16)13-5-3-4-6-15(13)22-2/h3-9H,10H2,1-2H3. The highest BCUT2D eigenvalue weighted by Gasteiger charge is 2.16. The second-order valence-electron chi connectivity index (χ2n) is 5.45. The second-order valence-corrected chi connectivity index (χ2v) is 5.45. The molecule has 0 saturated carbocycles. The molecule has 3 aromatic heterocycles. The van der Waals surface area contributed by atoms with Crippen molar-refractivity contribution >= 4 is 11.1 Å². The monoisotopic (exact) mass is 337 g/mol. The van der Waals surface area contributed by atoms with Crippen molar-refractivity contribution in [2.75, 3.05) is 7.11 Å². The zero-order valence-electron chi connectivity index (χ0n) is 13.7. The summed E-state index contributed by atoms with van der Waals surface area (Å²) in [6.45, 7) is 2.10. The first-order valence-electron chi connectivity index (χ1n) is 7.69. The number of aryl methyl sites for hydroxylation is 1. The van der Waals surface area contributed by atoms with Crippen molar-refractivity contribution in [3.05, 3.63) is 53.9 Å². The largest absolute Gasteiger partial charge is 0.496 e. The van der Waals surface area contributed by atoms with E-state index in [1.165, 1.54) is 0 Å². The summed E-state index contributed by atoms with van der Waals surface area (Å²) in [6.07, 6.45) is 0. The lowest BCUT2D eigenvalue weighted by Gasteiger charge is -2.05. The molecule has 0 aliphatic carbocycles. The molecule has 0 atom stereocenters. The molecule has 3 heterocycles. The highest BCUT2D eigenvalue weighted by Crippen LogP contribution is 2.34. The van der Waals surface area contributed by atoms with Gasteiger partial charge in [0.15, 0.2) is 0 Å². The van der Waals surface area contributed by atoms with Crippen molar-refractivity contribution in [3.63, 3.8) is 0 Å². The van der Waals surface area contributed by atoms with Crippen LogP contribution in [0.2, 0.25) is 0 Å². The summed E-state index contributed by atoms with van der Waals surface area (Å²) in [4.78, 5) is 4.35. The number of ether oxygens (including phenoxy) is 2. The lowest BCUT2D eigenvalue weighted by atomic mass is 10.1. The summed E-state index contributed by atoms with van der Waals surface area (Å²) in [5.74, 6) is 1.88. The van der Waals surface area contributed by atoms with E-state index < -0.39 is 0 Å². The maximum Gasteiger partial charge on any atom is 0.261 e. The molecule has 4 aromatic rings. The van der Waals surface area contributed by atoms with E-state index in [1.807, 2.05) is 43.3 Å². The van der Waals surface area contributed by atoms with Gasteiger partial charge in [0.25, 0.3) is 5.71 Å². The molecule has 0 N–H and O–H groups in total. The third-order valence-electron chi connectivity index (χ3n) is 3.72. The van der Waals surface area contributed by atoms with Gasteiger partial charge in [-0.05, 0) is 25.1 Å². The quantitative estimate of drug-likeness (QED) is 0.548. The van der Waals surface area contributed by atoms with Crippen molar-refractivity contribution in [1.82, 2.24) is 15.3 Å². The Morgan fingerprint density at radius 2 is 1.92 bits per heavy atom. The first-order valence-corrected chi connectivity index (χ1v) is 7.69. The van der Waals surface area contributed by atoms with E-state index in [1.54, 1.807) is 13.2 Å². The number of pyridine rings is 1. The van der Waals surface area contributed by atoms with Gasteiger partial charge < -0.3 is 18.5 Å². The van der Waals surface area contributed by atoms with E-state index in [0.717, 1.165) is 22.5 Å². The Labute approximate surface area is 143 Å². The molecule has 0 saturated heterocycles. The third-order valence-corrected chi connectivity index (χ3v) is 3.72. The fourth-order valence-electron chi connectivity index (χ4n) is 2.56. The number of methoxy groups -OCH3 is 1. The number of hydrogen-bond donors (Lipinski definition) is 0. The van der Waals surface area contributed by atoms with Crippen LogP contribution in [0.15, 0.2) is 51.5 Å². The lowest BCUT2D eigenvalue weighted by Crippen LogP contribution is -1.97. The Hall–Kier alpha value is -3.35. The van der Waals surface area contributed by atoms with Gasteiger partial charge in [-0.25, -0.2) is 0 Å². The van der Waals surface area contributed by atoms with Gasteiger partial charge in [0.2, 0.25) is 5.88 Å². The van der Waals surface area contributed by atoms with Crippen molar-refractivity contribution in [3.8, 4) is 22.9 Å². The van der Waals surface area contributed by atoms with E-state index >= 15 is 0 Å². The van der Waals surface area contributed by atoms with E-state index in [-0.39, 0.29) is 6.61 Å². The number of rotatable bonds is 5. The van der Waals surface area contributed by atoms with Crippen LogP contribution >= 0.6 is 0 Å². The number of benzene rings is 1. The highest BCUT2D eigenvalue weighted by atomic mass is 16.5. The Morgan fingerprint density at radius 3 is 2.72 bits per heavy atom. The summed E-state index contributed by atoms with van der Waals surface area (Å²) in [7, 11) is 1.62. The first kappa shape index (κ1) is 15.2. The number of nitrogens with zero attached hydrogens (tertiary/aromatic N) is 3. The van der Waals surface area contributed by atoms with Gasteiger partial charge in [0.05, 0.1) is 12.5 Å². The Kier molecular flexibility index (Phi) is 3.81. The molecule has 126 valence electrons. The van der Waals surface area contributed by atoms with Crippen LogP contribution in [0.4, 0.5) is 0 Å². The maximum atomic E-state index is 5.63. The van der Waals surface area contributed by atoms with Gasteiger partial charge in [-0.3, -0.25) is 0 Å². The van der Waals surface area contributed by atoms with Gasteiger partial charge in [0, 0.05) is 17.7 Å². The summed E-state index contributed by atoms with van der Waals surface area (Å²) >= 11 is 0. The molecule has 0 aliphatic heterocycles. The van der Waals surface area contributed by atoms with Gasteiger partial charge in [-0.1, -0.05) is 22.4 Å². The van der Waals surface area contributed by atoms with Crippen LogP contribution in [0, 0.1) is 6.92 Å². The second kappa shape index (κ2) is 6.27. The van der Waals surface area contributed by atoms with Crippen molar-refractivity contribution in [2.24, 2.45) is 0 Å². The third kappa shape index (κ3) is 2.91. The molecule has 1 aromatic carbocycles. The fourth-order valence-corrected chi connectivity index (χ4v) is 2.56. The van der Waals surface area contributed by atoms with Crippen molar-refractivity contribution < 1.29 is 18.5 Å². The summed E-state index contributed by atoms with van der Waals surface area (Å²) in [5, 5.41) is 8.80. The van der Waals surface area contributed by atoms with E-state index in [9.17, 15) is 0 Å². The van der Waals surface area contributed by atoms with Crippen LogP contribution in [0.25, 0.3) is 22.4 Å². The minimum atomic E-state index is 0.267. The summed E-state index contributed by atoms with van der Waals surface area (Å²) < 4.78 is 21.4. The van der Waals surface area contributed by atoms with Gasteiger partial charge in [-0.15, -0.1) is 0 Å². The van der Waals surface area contributed by atoms with Crippen molar-refractivity contribution in [2.45, 2.75) is 13.5 Å². The molecule has 7 nitrogen and oxygen atoms in total. The predicted octanol–water partition coefficient (Wildman–Crippen LogP) is 3.77. The number of para-hydroxylation sites is 1. The van der Waals surface area contributed by atoms with Crippen LogP contribution in [-0.2, 0) is 6.61 Å². The zero-order valence-corrected chi connectivity index (χ0v) is 13.7. The normalized spacial score (nSPS) is 11.0. The average molecular weight is 337 g/mol. The van der Waals surface area contributed by atoms with Crippen LogP contribution in [0.3, 0.4) is 0 Å². The average Bonchev–Trinajstić information content (AvgIpc) is 3.25.